The van der Waals surface area contributed by atoms with Gasteiger partial charge in [0, 0.05) is 178 Å². The largest absolute Gasteiger partial charge is 0.462 e. The number of carbonyl (C=O) groups excluding carboxylic acids is 2. The van der Waals surface area contributed by atoms with Gasteiger partial charge in [0.05, 0.1) is 6.42 Å². The Bertz CT molecular complexity index is 2880. The Labute approximate surface area is 338 Å². The van der Waals surface area contributed by atoms with E-state index in [0.717, 1.165) is 19.3 Å². The molecule has 57 heavy (non-hydrogen) atoms. The minimum absolute atomic E-state index is 0.0177. The van der Waals surface area contributed by atoms with Gasteiger partial charge in [-0.2, -0.15) is 0 Å². The first-order valence-electron chi connectivity index (χ1n) is 16.8. The summed E-state index contributed by atoms with van der Waals surface area (Å²) in [5.41, 5.74) is 0.596. The number of hydrogen-bond acceptors (Lipinski definition) is 3. The second-order valence-corrected chi connectivity index (χ2v) is 12.0. The highest BCUT2D eigenvalue weighted by Crippen LogP contribution is 2.66. The molecule has 3 unspecified atom stereocenters. The van der Waals surface area contributed by atoms with Crippen LogP contribution in [0.3, 0.4) is 0 Å². The van der Waals surface area contributed by atoms with Crippen LogP contribution in [0.25, 0.3) is 0 Å². The van der Waals surface area contributed by atoms with Crippen LogP contribution >= 0.6 is 0 Å². The molecule has 4 nitrogen and oxygen atoms in total. The Kier molecular flexibility index (Phi) is 19.8. The molecule has 0 heterocycles. The molecule has 4 heteroatoms. The number of rotatable bonds is 5. The van der Waals surface area contributed by atoms with Crippen molar-refractivity contribution in [1.82, 2.24) is 4.90 Å². The zero-order valence-electron chi connectivity index (χ0n) is 31.6. The number of terminal acetylenes is 1. The Morgan fingerprint density at radius 3 is 1.21 bits per heavy atom. The molecule has 0 spiro atoms. The molecule has 0 radical (unpaired) electrons. The van der Waals surface area contributed by atoms with Gasteiger partial charge in [-0.05, 0) is 84.4 Å². The van der Waals surface area contributed by atoms with Crippen LogP contribution in [-0.4, -0.2) is 29.4 Å². The van der Waals surface area contributed by atoms with Gasteiger partial charge < -0.3 is 4.74 Å². The molecule has 0 N–H and O–H groups in total. The number of fused-ring (bicyclic) bond motifs is 2. The van der Waals surface area contributed by atoms with E-state index in [2.05, 4.69) is 235 Å². The Morgan fingerprint density at radius 2 is 0.930 bits per heavy atom. The number of nitrogens with zero attached hydrogens (tertiary/aromatic N) is 1. The lowest BCUT2D eigenvalue weighted by Gasteiger charge is -2.33. The second-order valence-electron chi connectivity index (χ2n) is 12.0. The Balaban J connectivity index is 1.76. The van der Waals surface area contributed by atoms with E-state index >= 15 is 0 Å². The first kappa shape index (κ1) is 43.9. The highest BCUT2D eigenvalue weighted by Gasteiger charge is 2.61. The predicted octanol–water partition coefficient (Wildman–Crippen LogP) is 3.19. The summed E-state index contributed by atoms with van der Waals surface area (Å²) in [7, 11) is 0. The molecule has 1 amide bonds. The van der Waals surface area contributed by atoms with E-state index < -0.39 is 5.91 Å². The van der Waals surface area contributed by atoms with Crippen LogP contribution < -0.4 is 0 Å². The maximum atomic E-state index is 12.7. The normalized spacial score (nSPS) is 14.7. The van der Waals surface area contributed by atoms with Crippen LogP contribution in [0.4, 0.5) is 0 Å². The number of amides is 1. The van der Waals surface area contributed by atoms with Crippen molar-refractivity contribution in [2.24, 2.45) is 16.7 Å². The maximum absolute atomic E-state index is 12.7. The fraction of sp³-hybridized carbons (Fsp3) is 0.245. The predicted molar refractivity (Wildman–Crippen MR) is 221 cm³/mol. The molecule has 3 atom stereocenters. The number of hydrogen-bond donors (Lipinski definition) is 0. The molecule has 2 saturated carbocycles. The summed E-state index contributed by atoms with van der Waals surface area (Å²) in [6.07, 6.45) is 7.95. The van der Waals surface area contributed by atoms with Gasteiger partial charge in [-0.3, -0.25) is 14.5 Å². The van der Waals surface area contributed by atoms with Crippen molar-refractivity contribution in [2.45, 2.75) is 59.5 Å². The highest BCUT2D eigenvalue weighted by molar-refractivity contribution is 5.93. The van der Waals surface area contributed by atoms with Gasteiger partial charge in [0.1, 0.15) is 6.10 Å². The molecule has 2 rings (SSSR count). The minimum Gasteiger partial charge on any atom is -0.462 e. The molecule has 0 aromatic rings. The summed E-state index contributed by atoms with van der Waals surface area (Å²) in [5.74, 6) is 84.0. The number of esters is 1. The van der Waals surface area contributed by atoms with Gasteiger partial charge in [0.2, 0.25) is 0 Å². The zero-order valence-corrected chi connectivity index (χ0v) is 31.6. The average molecular weight is 726 g/mol. The third-order valence-corrected chi connectivity index (χ3v) is 8.29. The lowest BCUT2D eigenvalue weighted by molar-refractivity contribution is -0.152. The van der Waals surface area contributed by atoms with E-state index in [1.165, 1.54) is 4.90 Å². The van der Waals surface area contributed by atoms with E-state index in [4.69, 9.17) is 11.2 Å². The molecule has 262 valence electrons. The van der Waals surface area contributed by atoms with Gasteiger partial charge in [0.15, 0.2) is 0 Å². The Morgan fingerprint density at radius 1 is 0.596 bits per heavy atom. The van der Waals surface area contributed by atoms with Crippen molar-refractivity contribution in [3.8, 4) is 214 Å². The monoisotopic (exact) mass is 725 g/mol. The van der Waals surface area contributed by atoms with Crippen LogP contribution in [0.2, 0.25) is 0 Å². The summed E-state index contributed by atoms with van der Waals surface area (Å²) in [6.45, 7) is 12.1. The van der Waals surface area contributed by atoms with Crippen molar-refractivity contribution < 1.29 is 14.3 Å². The fourth-order valence-electron chi connectivity index (χ4n) is 5.30. The standard InChI is InChI=1S/C53H27NO3/c1-7-8-9-10-11-12-13-14-15-16-17-18-19-20-21-22-23-24-25-26-27-28-29-30-31-32-33-34-35-36-37-38-39-40-44-54(51(56)47(2)3)45-42-50(55)57-49-46-53(6)43-41-48(49)52(53,4)5/h1,48-49H,2,41-43,45-46H2,3-6H3. The van der Waals surface area contributed by atoms with E-state index in [-0.39, 0.29) is 41.4 Å². The highest BCUT2D eigenvalue weighted by atomic mass is 16.5. The maximum Gasteiger partial charge on any atom is 0.307 e. The SMILES string of the molecule is C#CC#CC#CC#CC#CC#CC#CC#CC#CC#CC#CC#CC#CC#CC#CC#CC#CC#CN(CCC(=O)OC1CC2(C)CCC1C2(C)C)C(=O)C(=C)C. The molecule has 0 aromatic heterocycles. The third-order valence-electron chi connectivity index (χ3n) is 8.29. The van der Waals surface area contributed by atoms with Gasteiger partial charge in [0.25, 0.3) is 5.91 Å². The summed E-state index contributed by atoms with van der Waals surface area (Å²) in [6, 6.07) is 2.67. The molecule has 2 bridgehead atoms. The van der Waals surface area contributed by atoms with E-state index in [0.29, 0.717) is 5.92 Å². The first-order valence-corrected chi connectivity index (χ1v) is 16.8. The van der Waals surface area contributed by atoms with Gasteiger partial charge >= 0.3 is 5.97 Å². The van der Waals surface area contributed by atoms with E-state index in [9.17, 15) is 9.59 Å². The van der Waals surface area contributed by atoms with Crippen LogP contribution in [0, 0.1) is 231 Å². The quantitative estimate of drug-likeness (QED) is 0.190. The number of carbonyl (C=O) groups is 2. The summed E-state index contributed by atoms with van der Waals surface area (Å²) >= 11 is 0. The minimum atomic E-state index is -0.395. The molecule has 0 aromatic carbocycles. The van der Waals surface area contributed by atoms with Crippen LogP contribution in [-0.2, 0) is 14.3 Å². The second kappa shape index (κ2) is 25.7. The molecule has 0 aliphatic heterocycles. The summed E-state index contributed by atoms with van der Waals surface area (Å²) in [4.78, 5) is 26.4. The topological polar surface area (TPSA) is 46.6 Å². The van der Waals surface area contributed by atoms with Crippen LogP contribution in [0.1, 0.15) is 53.4 Å². The fourth-order valence-corrected chi connectivity index (χ4v) is 5.30. The summed E-state index contributed by atoms with van der Waals surface area (Å²) < 4.78 is 5.85. The van der Waals surface area contributed by atoms with Gasteiger partial charge in [-0.1, -0.05) is 27.4 Å². The zero-order chi connectivity index (χ0) is 41.5. The number of ether oxygens (including phenoxy) is 1. The van der Waals surface area contributed by atoms with Crippen LogP contribution in [0.15, 0.2) is 12.2 Å². The molecule has 0 saturated heterocycles. The smallest absolute Gasteiger partial charge is 0.307 e. The van der Waals surface area contributed by atoms with Crippen molar-refractivity contribution in [3.63, 3.8) is 0 Å². The van der Waals surface area contributed by atoms with Crippen molar-refractivity contribution in [2.75, 3.05) is 6.54 Å². The molecule has 2 aliphatic carbocycles. The first-order chi connectivity index (χ1) is 27.6. The van der Waals surface area contributed by atoms with Crippen molar-refractivity contribution >= 4 is 11.9 Å². The van der Waals surface area contributed by atoms with Gasteiger partial charge in [-0.15, -0.1) is 6.42 Å². The average Bonchev–Trinajstić information content (AvgIpc) is 3.52. The third kappa shape index (κ3) is 17.2. The molecule has 2 aliphatic rings. The van der Waals surface area contributed by atoms with E-state index in [1.54, 1.807) is 6.92 Å². The van der Waals surface area contributed by atoms with Crippen LogP contribution in [0.5, 0.6) is 0 Å². The Hall–Kier alpha value is -9.24. The summed E-state index contributed by atoms with van der Waals surface area (Å²) in [5, 5.41) is 0. The van der Waals surface area contributed by atoms with Gasteiger partial charge in [-0.25, -0.2) is 0 Å². The lowest BCUT2D eigenvalue weighted by Crippen LogP contribution is -2.31. The molecular formula is C53H27NO3. The van der Waals surface area contributed by atoms with Crippen molar-refractivity contribution in [1.29, 1.82) is 0 Å². The van der Waals surface area contributed by atoms with Crippen molar-refractivity contribution in [3.05, 3.63) is 12.2 Å². The lowest BCUT2D eigenvalue weighted by atomic mass is 9.71. The molecule has 2 fully saturated rings. The molecular weight excluding hydrogens is 699 g/mol. The van der Waals surface area contributed by atoms with E-state index in [1.807, 2.05) is 0 Å².